The Morgan fingerprint density at radius 1 is 1.45 bits per heavy atom. The molecule has 0 spiro atoms. The number of H-pyrrole nitrogens is 1. The molecule has 0 amide bonds. The highest BCUT2D eigenvalue weighted by Crippen LogP contribution is 2.28. The molecule has 2 aromatic heterocycles. The number of nitrogens with one attached hydrogen (secondary N) is 2. The molecule has 0 aliphatic rings. The Balaban J connectivity index is 1.93. The Morgan fingerprint density at radius 3 is 3.05 bits per heavy atom. The molecular weight excluding hydrogens is 362 g/mol. The van der Waals surface area contributed by atoms with Crippen molar-refractivity contribution in [1.29, 1.82) is 0 Å². The SMILES string of the molecule is CSCc1csc(NS(=O)(=O)c2c[nH]c3cc(Cl)ccc23)n1. The highest BCUT2D eigenvalue weighted by Gasteiger charge is 2.20. The summed E-state index contributed by atoms with van der Waals surface area (Å²) in [7, 11) is -3.69. The molecule has 3 rings (SSSR count). The third-order valence-corrected chi connectivity index (χ3v) is 6.10. The number of aromatic amines is 1. The third-order valence-electron chi connectivity index (χ3n) is 2.96. The average molecular weight is 374 g/mol. The molecule has 3 aromatic rings. The minimum absolute atomic E-state index is 0.181. The lowest BCUT2D eigenvalue weighted by Gasteiger charge is -2.03. The topological polar surface area (TPSA) is 74.8 Å². The van der Waals surface area contributed by atoms with Crippen LogP contribution in [0.2, 0.25) is 5.02 Å². The molecule has 0 radical (unpaired) electrons. The smallest absolute Gasteiger partial charge is 0.265 e. The normalized spacial score (nSPS) is 11.9. The van der Waals surface area contributed by atoms with Crippen LogP contribution in [0, 0.1) is 0 Å². The summed E-state index contributed by atoms with van der Waals surface area (Å²) in [6, 6.07) is 5.04. The van der Waals surface area contributed by atoms with Crippen LogP contribution >= 0.6 is 34.7 Å². The van der Waals surface area contributed by atoms with Crippen LogP contribution in [0.15, 0.2) is 34.7 Å². The van der Waals surface area contributed by atoms with E-state index in [1.165, 1.54) is 17.5 Å². The average Bonchev–Trinajstić information content (AvgIpc) is 3.05. The van der Waals surface area contributed by atoms with E-state index in [-0.39, 0.29) is 4.90 Å². The molecule has 0 bridgehead atoms. The highest BCUT2D eigenvalue weighted by molar-refractivity contribution is 7.97. The van der Waals surface area contributed by atoms with Gasteiger partial charge >= 0.3 is 0 Å². The number of thioether (sulfide) groups is 1. The number of sulfonamides is 1. The van der Waals surface area contributed by atoms with Gasteiger partial charge in [-0.05, 0) is 24.5 Å². The Morgan fingerprint density at radius 2 is 2.27 bits per heavy atom. The number of benzene rings is 1. The summed E-state index contributed by atoms with van der Waals surface area (Å²) in [6.07, 6.45) is 3.43. The fourth-order valence-electron chi connectivity index (χ4n) is 2.03. The van der Waals surface area contributed by atoms with Crippen molar-refractivity contribution in [3.8, 4) is 0 Å². The van der Waals surface area contributed by atoms with Gasteiger partial charge in [0.25, 0.3) is 10.0 Å². The molecule has 116 valence electrons. The Hall–Kier alpha value is -1.22. The molecule has 0 unspecified atom stereocenters. The summed E-state index contributed by atoms with van der Waals surface area (Å²) in [6.45, 7) is 0. The first-order valence-corrected chi connectivity index (χ1v) is 10.4. The first kappa shape index (κ1) is 15.7. The lowest BCUT2D eigenvalue weighted by molar-refractivity contribution is 0.602. The number of aromatic nitrogens is 2. The van der Waals surface area contributed by atoms with E-state index in [1.807, 2.05) is 11.6 Å². The monoisotopic (exact) mass is 373 g/mol. The van der Waals surface area contributed by atoms with E-state index in [4.69, 9.17) is 11.6 Å². The molecule has 1 aromatic carbocycles. The van der Waals surface area contributed by atoms with Crippen molar-refractivity contribution in [3.63, 3.8) is 0 Å². The Bertz CT molecular complexity index is 918. The van der Waals surface area contributed by atoms with Crippen molar-refractivity contribution in [2.75, 3.05) is 11.0 Å². The Labute approximate surface area is 141 Å². The summed E-state index contributed by atoms with van der Waals surface area (Å²) in [5.41, 5.74) is 1.54. The van der Waals surface area contributed by atoms with Crippen LogP contribution in [0.3, 0.4) is 0 Å². The maximum atomic E-state index is 12.5. The molecular formula is C13H12ClN3O2S3. The van der Waals surface area contributed by atoms with E-state index >= 15 is 0 Å². The highest BCUT2D eigenvalue weighted by atomic mass is 35.5. The maximum Gasteiger partial charge on any atom is 0.265 e. The lowest BCUT2D eigenvalue weighted by Crippen LogP contribution is -2.12. The fourth-order valence-corrected chi connectivity index (χ4v) is 4.90. The van der Waals surface area contributed by atoms with Gasteiger partial charge in [-0.3, -0.25) is 4.72 Å². The molecule has 0 atom stereocenters. The zero-order chi connectivity index (χ0) is 15.7. The van der Waals surface area contributed by atoms with Crippen LogP contribution in [-0.4, -0.2) is 24.6 Å². The van der Waals surface area contributed by atoms with Crippen molar-refractivity contribution in [1.82, 2.24) is 9.97 Å². The minimum atomic E-state index is -3.69. The number of thiazole rings is 1. The van der Waals surface area contributed by atoms with Gasteiger partial charge in [-0.2, -0.15) is 11.8 Å². The van der Waals surface area contributed by atoms with Crippen molar-refractivity contribution < 1.29 is 8.42 Å². The van der Waals surface area contributed by atoms with Crippen LogP contribution in [0.1, 0.15) is 5.69 Å². The molecule has 22 heavy (non-hydrogen) atoms. The molecule has 0 aliphatic heterocycles. The third kappa shape index (κ3) is 3.10. The number of halogens is 1. The second-order valence-electron chi connectivity index (χ2n) is 4.53. The molecule has 9 heteroatoms. The van der Waals surface area contributed by atoms with Crippen LogP contribution in [0.4, 0.5) is 5.13 Å². The van der Waals surface area contributed by atoms with Crippen molar-refractivity contribution in [3.05, 3.63) is 40.5 Å². The molecule has 2 N–H and O–H groups in total. The number of nitrogens with zero attached hydrogens (tertiary/aromatic N) is 1. The number of fused-ring (bicyclic) bond motifs is 1. The summed E-state index contributed by atoms with van der Waals surface area (Å²) in [5, 5.41) is 3.36. The largest absolute Gasteiger partial charge is 0.360 e. The standard InChI is InChI=1S/C13H12ClN3O2S3/c1-20-6-9-7-21-13(16-9)17-22(18,19)12-5-15-11-4-8(14)2-3-10(11)12/h2-5,7,15H,6H2,1H3,(H,16,17). The quantitative estimate of drug-likeness (QED) is 0.710. The van der Waals surface area contributed by atoms with Crippen LogP contribution in [0.5, 0.6) is 0 Å². The molecule has 5 nitrogen and oxygen atoms in total. The van der Waals surface area contributed by atoms with E-state index in [0.29, 0.717) is 21.1 Å². The zero-order valence-corrected chi connectivity index (χ0v) is 14.7. The van der Waals surface area contributed by atoms with Gasteiger partial charge in [0.2, 0.25) is 0 Å². The van der Waals surface area contributed by atoms with Crippen molar-refractivity contribution in [2.45, 2.75) is 10.6 Å². The maximum absolute atomic E-state index is 12.5. The minimum Gasteiger partial charge on any atom is -0.360 e. The molecule has 0 aliphatic carbocycles. The van der Waals surface area contributed by atoms with Gasteiger partial charge in [0.1, 0.15) is 4.90 Å². The van der Waals surface area contributed by atoms with E-state index in [9.17, 15) is 8.42 Å². The fraction of sp³-hybridized carbons (Fsp3) is 0.154. The van der Waals surface area contributed by atoms with Crippen molar-refractivity contribution in [2.24, 2.45) is 0 Å². The van der Waals surface area contributed by atoms with E-state index < -0.39 is 10.0 Å². The van der Waals surface area contributed by atoms with E-state index in [0.717, 1.165) is 11.4 Å². The first-order valence-electron chi connectivity index (χ1n) is 6.22. The Kier molecular flexibility index (Phi) is 4.35. The van der Waals surface area contributed by atoms with Crippen LogP contribution in [0.25, 0.3) is 10.9 Å². The van der Waals surface area contributed by atoms with Crippen LogP contribution < -0.4 is 4.72 Å². The van der Waals surface area contributed by atoms with Gasteiger partial charge in [0.15, 0.2) is 5.13 Å². The van der Waals surface area contributed by atoms with Gasteiger partial charge in [-0.1, -0.05) is 11.6 Å². The predicted octanol–water partition coefficient (Wildman–Crippen LogP) is 3.94. The van der Waals surface area contributed by atoms with Crippen LogP contribution in [-0.2, 0) is 15.8 Å². The molecule has 0 fully saturated rings. The molecule has 2 heterocycles. The summed E-state index contributed by atoms with van der Waals surface area (Å²) in [5.74, 6) is 0.754. The predicted molar refractivity (Wildman–Crippen MR) is 93.5 cm³/mol. The zero-order valence-electron chi connectivity index (χ0n) is 11.5. The van der Waals surface area contributed by atoms with Gasteiger partial charge in [0, 0.05) is 33.3 Å². The van der Waals surface area contributed by atoms with Gasteiger partial charge < -0.3 is 4.98 Å². The molecule has 0 saturated carbocycles. The number of hydrogen-bond acceptors (Lipinski definition) is 5. The second-order valence-corrected chi connectivity index (χ2v) is 8.34. The van der Waals surface area contributed by atoms with Gasteiger partial charge in [-0.25, -0.2) is 13.4 Å². The van der Waals surface area contributed by atoms with Gasteiger partial charge in [-0.15, -0.1) is 11.3 Å². The first-order chi connectivity index (χ1) is 10.5. The van der Waals surface area contributed by atoms with Crippen molar-refractivity contribution >= 4 is 60.8 Å². The van der Waals surface area contributed by atoms with Gasteiger partial charge in [0.05, 0.1) is 5.69 Å². The van der Waals surface area contributed by atoms with E-state index in [1.54, 1.807) is 30.0 Å². The number of rotatable bonds is 5. The van der Waals surface area contributed by atoms with E-state index in [2.05, 4.69) is 14.7 Å². The lowest BCUT2D eigenvalue weighted by atomic mass is 10.2. The number of hydrogen-bond donors (Lipinski definition) is 2. The summed E-state index contributed by atoms with van der Waals surface area (Å²) < 4.78 is 27.6. The number of anilines is 1. The summed E-state index contributed by atoms with van der Waals surface area (Å²) in [4.78, 5) is 7.37. The molecule has 0 saturated heterocycles. The second kappa shape index (κ2) is 6.11. The summed E-state index contributed by atoms with van der Waals surface area (Å²) >= 11 is 8.82.